The number of carbonyl (C=O) groups excluding carboxylic acids is 1. The number of unbranched alkanes of at least 4 members (excludes halogenated alkanes) is 2. The van der Waals surface area contributed by atoms with Gasteiger partial charge in [-0.15, -0.1) is 4.99 Å². The first-order valence-electron chi connectivity index (χ1n) is 5.82. The van der Waals surface area contributed by atoms with E-state index in [-0.39, 0.29) is 0 Å². The van der Waals surface area contributed by atoms with Gasteiger partial charge in [0.1, 0.15) is 5.60 Å². The van der Waals surface area contributed by atoms with Crippen molar-refractivity contribution in [3.63, 3.8) is 0 Å². The standard InChI is InChI=1S/C11H24N2O4/c1-5-6-7-8-11(12,16-17-13)9(14)15-10(2,3)4/h5-8,12-13H2,1-4H3. The number of ether oxygens (including phenoxy) is 1. The van der Waals surface area contributed by atoms with E-state index in [1.165, 1.54) is 0 Å². The summed E-state index contributed by atoms with van der Waals surface area (Å²) in [4.78, 5) is 20.6. The maximum atomic E-state index is 11.9. The monoisotopic (exact) mass is 248 g/mol. The summed E-state index contributed by atoms with van der Waals surface area (Å²) >= 11 is 0. The highest BCUT2D eigenvalue weighted by Gasteiger charge is 2.40. The van der Waals surface area contributed by atoms with Crippen molar-refractivity contribution in [1.29, 1.82) is 0 Å². The van der Waals surface area contributed by atoms with Crippen LogP contribution in [0.2, 0.25) is 0 Å². The van der Waals surface area contributed by atoms with Crippen molar-refractivity contribution in [2.75, 3.05) is 0 Å². The van der Waals surface area contributed by atoms with Crippen LogP contribution in [0.4, 0.5) is 0 Å². The van der Waals surface area contributed by atoms with Crippen molar-refractivity contribution in [2.45, 2.75) is 64.7 Å². The quantitative estimate of drug-likeness (QED) is 0.232. The molecule has 0 bridgehead atoms. The smallest absolute Gasteiger partial charge is 0.357 e. The molecule has 0 aromatic heterocycles. The van der Waals surface area contributed by atoms with E-state index >= 15 is 0 Å². The first kappa shape index (κ1) is 16.3. The summed E-state index contributed by atoms with van der Waals surface area (Å²) in [7, 11) is 0. The SMILES string of the molecule is CCCCCC(N)(OON)C(=O)OC(C)(C)C. The molecule has 0 radical (unpaired) electrons. The lowest BCUT2D eigenvalue weighted by Gasteiger charge is -2.29. The molecule has 4 N–H and O–H groups in total. The van der Waals surface area contributed by atoms with Crippen LogP contribution in [-0.4, -0.2) is 17.3 Å². The van der Waals surface area contributed by atoms with Gasteiger partial charge in [0, 0.05) is 6.42 Å². The van der Waals surface area contributed by atoms with Gasteiger partial charge in [-0.2, -0.15) is 10.8 Å². The first-order valence-corrected chi connectivity index (χ1v) is 5.82. The van der Waals surface area contributed by atoms with Crippen molar-refractivity contribution < 1.29 is 19.4 Å². The Kier molecular flexibility index (Phi) is 6.62. The van der Waals surface area contributed by atoms with E-state index in [2.05, 4.69) is 9.88 Å². The predicted molar refractivity (Wildman–Crippen MR) is 63.3 cm³/mol. The molecule has 0 rings (SSSR count). The summed E-state index contributed by atoms with van der Waals surface area (Å²) in [5.41, 5.74) is 3.52. The number of carbonyl (C=O) groups is 1. The molecule has 6 nitrogen and oxygen atoms in total. The molecule has 17 heavy (non-hydrogen) atoms. The number of rotatable bonds is 7. The number of hydrogen-bond donors (Lipinski definition) is 2. The zero-order chi connectivity index (χ0) is 13.5. The average Bonchev–Trinajstić information content (AvgIpc) is 2.16. The van der Waals surface area contributed by atoms with Gasteiger partial charge in [-0.05, 0) is 27.2 Å². The molecule has 0 aliphatic rings. The van der Waals surface area contributed by atoms with Crippen molar-refractivity contribution in [3.05, 3.63) is 0 Å². The molecule has 0 aliphatic carbocycles. The molecular formula is C11H24N2O4. The molecule has 0 saturated heterocycles. The first-order chi connectivity index (χ1) is 7.75. The van der Waals surface area contributed by atoms with Crippen LogP contribution >= 0.6 is 0 Å². The van der Waals surface area contributed by atoms with Gasteiger partial charge in [0.25, 0.3) is 5.72 Å². The summed E-state index contributed by atoms with van der Waals surface area (Å²) in [6.45, 7) is 7.30. The molecule has 0 aliphatic heterocycles. The highest BCUT2D eigenvalue weighted by Crippen LogP contribution is 2.19. The highest BCUT2D eigenvalue weighted by atomic mass is 17.3. The van der Waals surface area contributed by atoms with Crippen LogP contribution in [0.15, 0.2) is 0 Å². The minimum Gasteiger partial charge on any atom is -0.457 e. The van der Waals surface area contributed by atoms with E-state index in [9.17, 15) is 4.79 Å². The average molecular weight is 248 g/mol. The minimum absolute atomic E-state index is 0.299. The lowest BCUT2D eigenvalue weighted by atomic mass is 10.1. The van der Waals surface area contributed by atoms with Crippen molar-refractivity contribution in [3.8, 4) is 0 Å². The molecule has 6 heteroatoms. The van der Waals surface area contributed by atoms with Crippen LogP contribution in [0, 0.1) is 0 Å². The Hall–Kier alpha value is -0.690. The Labute approximate surface area is 102 Å². The van der Waals surface area contributed by atoms with E-state index in [1.807, 2.05) is 6.92 Å². The van der Waals surface area contributed by atoms with Crippen LogP contribution in [0.3, 0.4) is 0 Å². The summed E-state index contributed by atoms with van der Waals surface area (Å²) in [5, 5.41) is 0. The fraction of sp³-hybridized carbons (Fsp3) is 0.909. The van der Waals surface area contributed by atoms with Crippen LogP contribution < -0.4 is 11.6 Å². The van der Waals surface area contributed by atoms with E-state index in [0.29, 0.717) is 6.42 Å². The maximum absolute atomic E-state index is 11.9. The topological polar surface area (TPSA) is 96.8 Å². The molecule has 0 spiro atoms. The van der Waals surface area contributed by atoms with E-state index in [1.54, 1.807) is 20.8 Å². The fourth-order valence-corrected chi connectivity index (χ4v) is 1.27. The predicted octanol–water partition coefficient (Wildman–Crippen LogP) is 1.39. The second kappa shape index (κ2) is 6.90. The molecule has 0 saturated carbocycles. The Balaban J connectivity index is 4.51. The zero-order valence-corrected chi connectivity index (χ0v) is 11.1. The van der Waals surface area contributed by atoms with Gasteiger partial charge < -0.3 is 4.74 Å². The van der Waals surface area contributed by atoms with E-state index in [4.69, 9.17) is 16.4 Å². The largest absolute Gasteiger partial charge is 0.457 e. The number of nitrogens with two attached hydrogens (primary N) is 2. The lowest BCUT2D eigenvalue weighted by Crippen LogP contribution is -2.53. The molecule has 0 aromatic rings. The van der Waals surface area contributed by atoms with Gasteiger partial charge in [-0.25, -0.2) is 4.79 Å². The summed E-state index contributed by atoms with van der Waals surface area (Å²) in [5.74, 6) is 4.14. The van der Waals surface area contributed by atoms with E-state index < -0.39 is 17.3 Å². The van der Waals surface area contributed by atoms with Crippen LogP contribution in [0.5, 0.6) is 0 Å². The molecule has 1 unspecified atom stereocenters. The lowest BCUT2D eigenvalue weighted by molar-refractivity contribution is -0.361. The van der Waals surface area contributed by atoms with Gasteiger partial charge in [0.05, 0.1) is 0 Å². The third kappa shape index (κ3) is 6.58. The van der Waals surface area contributed by atoms with Gasteiger partial charge in [0.2, 0.25) is 0 Å². The fourth-order valence-electron chi connectivity index (χ4n) is 1.27. The van der Waals surface area contributed by atoms with Crippen molar-refractivity contribution in [2.24, 2.45) is 11.6 Å². The molecule has 0 amide bonds. The third-order valence-corrected chi connectivity index (χ3v) is 2.09. The van der Waals surface area contributed by atoms with Gasteiger partial charge >= 0.3 is 5.97 Å². The van der Waals surface area contributed by atoms with Gasteiger partial charge in [0.15, 0.2) is 0 Å². The molecule has 1 atom stereocenters. The minimum atomic E-state index is -1.64. The van der Waals surface area contributed by atoms with Crippen LogP contribution in [-0.2, 0) is 19.4 Å². The summed E-state index contributed by atoms with van der Waals surface area (Å²) in [6.07, 6.45) is 2.98. The normalized spacial score (nSPS) is 15.4. The third-order valence-electron chi connectivity index (χ3n) is 2.09. The molecule has 0 heterocycles. The highest BCUT2D eigenvalue weighted by molar-refractivity contribution is 5.79. The summed E-state index contributed by atoms with van der Waals surface area (Å²) < 4.78 is 5.16. The van der Waals surface area contributed by atoms with Crippen LogP contribution in [0.1, 0.15) is 53.4 Å². The Morgan fingerprint density at radius 2 is 1.82 bits per heavy atom. The Bertz CT molecular complexity index is 240. The molecule has 102 valence electrons. The van der Waals surface area contributed by atoms with Crippen molar-refractivity contribution >= 4 is 5.97 Å². The number of hydrogen-bond acceptors (Lipinski definition) is 6. The number of esters is 1. The molecular weight excluding hydrogens is 224 g/mol. The second-order valence-electron chi connectivity index (χ2n) is 5.03. The zero-order valence-electron chi connectivity index (χ0n) is 11.1. The summed E-state index contributed by atoms with van der Waals surface area (Å²) in [6, 6.07) is 0. The van der Waals surface area contributed by atoms with Crippen molar-refractivity contribution in [1.82, 2.24) is 0 Å². The molecule has 0 fully saturated rings. The Morgan fingerprint density at radius 1 is 1.24 bits per heavy atom. The molecule has 0 aromatic carbocycles. The van der Waals surface area contributed by atoms with E-state index in [0.717, 1.165) is 19.3 Å². The maximum Gasteiger partial charge on any atom is 0.357 e. The second-order valence-corrected chi connectivity index (χ2v) is 5.03. The van der Waals surface area contributed by atoms with Gasteiger partial charge in [-0.1, -0.05) is 19.8 Å². The van der Waals surface area contributed by atoms with Gasteiger partial charge in [-0.3, -0.25) is 5.73 Å². The Morgan fingerprint density at radius 3 is 2.24 bits per heavy atom. The van der Waals surface area contributed by atoms with Crippen LogP contribution in [0.25, 0.3) is 0 Å².